The molecular weight excluding hydrogens is 368 g/mol. The Balaban J connectivity index is 2.05. The number of phenolic OH excluding ortho intramolecular Hbond substituents is 1. The number of hydrogen-bond donors (Lipinski definition) is 3. The Morgan fingerprint density at radius 2 is 2.04 bits per heavy atom. The third-order valence-electron chi connectivity index (χ3n) is 4.27. The van der Waals surface area contributed by atoms with E-state index in [1.807, 2.05) is 0 Å². The van der Waals surface area contributed by atoms with Crippen LogP contribution in [0, 0.1) is 0 Å². The van der Waals surface area contributed by atoms with Crippen LogP contribution in [0.2, 0.25) is 0 Å². The Labute approximate surface area is 158 Å². The zero-order chi connectivity index (χ0) is 20.4. The van der Waals surface area contributed by atoms with Gasteiger partial charge in [0.2, 0.25) is 5.95 Å². The Bertz CT molecular complexity index is 1170. The highest BCUT2D eigenvalue weighted by Crippen LogP contribution is 2.21. The van der Waals surface area contributed by atoms with Crippen LogP contribution in [0.1, 0.15) is 5.56 Å². The van der Waals surface area contributed by atoms with Gasteiger partial charge in [-0.25, -0.2) is 10.2 Å². The quantitative estimate of drug-likeness (QED) is 0.386. The first-order chi connectivity index (χ1) is 13.4. The number of anilines is 1. The molecular formula is C17H20N6O5. The molecule has 0 bridgehead atoms. The van der Waals surface area contributed by atoms with E-state index in [4.69, 9.17) is 4.74 Å². The van der Waals surface area contributed by atoms with Crippen molar-refractivity contribution in [1.82, 2.24) is 18.7 Å². The number of aliphatic hydroxyl groups is 1. The number of phenols is 1. The molecule has 2 aromatic heterocycles. The van der Waals surface area contributed by atoms with Crippen molar-refractivity contribution in [1.29, 1.82) is 0 Å². The van der Waals surface area contributed by atoms with E-state index in [0.29, 0.717) is 11.3 Å². The molecule has 2 heterocycles. The number of fused-ring (bicyclic) bond motifs is 1. The summed E-state index contributed by atoms with van der Waals surface area (Å²) in [4.78, 5) is 28.9. The largest absolute Gasteiger partial charge is 0.507 e. The minimum Gasteiger partial charge on any atom is -0.507 e. The highest BCUT2D eigenvalue weighted by Gasteiger charge is 2.18. The number of imidazole rings is 1. The number of aliphatic hydroxyl groups excluding tert-OH is 1. The maximum Gasteiger partial charge on any atom is 0.332 e. The highest BCUT2D eigenvalue weighted by molar-refractivity contribution is 5.84. The molecule has 0 radical (unpaired) electrons. The number of methoxy groups -OCH3 is 1. The third-order valence-corrected chi connectivity index (χ3v) is 4.27. The fraction of sp³-hybridized carbons (Fsp3) is 0.294. The van der Waals surface area contributed by atoms with Gasteiger partial charge in [-0.3, -0.25) is 13.9 Å². The van der Waals surface area contributed by atoms with Gasteiger partial charge in [0, 0.05) is 26.2 Å². The van der Waals surface area contributed by atoms with Gasteiger partial charge in [-0.1, -0.05) is 0 Å². The van der Waals surface area contributed by atoms with Crippen molar-refractivity contribution in [2.45, 2.75) is 6.54 Å². The molecule has 0 saturated carbocycles. The number of nitrogens with one attached hydrogen (secondary N) is 1. The monoisotopic (exact) mass is 388 g/mol. The third kappa shape index (κ3) is 3.22. The molecule has 11 nitrogen and oxygen atoms in total. The molecule has 0 aliphatic carbocycles. The van der Waals surface area contributed by atoms with Gasteiger partial charge in [-0.2, -0.15) is 10.1 Å². The molecule has 3 aromatic rings. The Morgan fingerprint density at radius 3 is 2.71 bits per heavy atom. The molecule has 0 atom stereocenters. The number of aromatic nitrogens is 4. The van der Waals surface area contributed by atoms with Crippen molar-refractivity contribution in [3.8, 4) is 11.5 Å². The second-order valence-electron chi connectivity index (χ2n) is 5.98. The molecule has 0 saturated heterocycles. The summed E-state index contributed by atoms with van der Waals surface area (Å²) in [6.07, 6.45) is 1.36. The molecule has 28 heavy (non-hydrogen) atoms. The van der Waals surface area contributed by atoms with Gasteiger partial charge in [0.05, 0.1) is 19.9 Å². The van der Waals surface area contributed by atoms with Crippen LogP contribution in [0.25, 0.3) is 11.2 Å². The van der Waals surface area contributed by atoms with Gasteiger partial charge in [-0.05, 0) is 18.2 Å². The van der Waals surface area contributed by atoms with Crippen molar-refractivity contribution in [3.05, 3.63) is 44.6 Å². The standard InChI is InChI=1S/C17H20N6O5/c1-21-14-13(15(26)22(2)17(21)27)23(6-7-24)16(19-14)20-18-9-10-8-11(28-3)4-5-12(10)25/h4-5,8-9,24-25H,6-7H2,1-3H3,(H,19,20)/b18-9-. The number of aromatic hydroxyl groups is 1. The predicted molar refractivity (Wildman–Crippen MR) is 103 cm³/mol. The van der Waals surface area contributed by atoms with E-state index < -0.39 is 11.2 Å². The number of nitrogens with zero attached hydrogens (tertiary/aromatic N) is 5. The number of aryl methyl sites for hydroxylation is 1. The van der Waals surface area contributed by atoms with Gasteiger partial charge in [-0.15, -0.1) is 0 Å². The number of ether oxygens (including phenoxy) is 1. The zero-order valence-electron chi connectivity index (χ0n) is 15.6. The Kier molecular flexibility index (Phi) is 5.18. The van der Waals surface area contributed by atoms with E-state index in [1.165, 1.54) is 42.6 Å². The average Bonchev–Trinajstić information content (AvgIpc) is 3.05. The fourth-order valence-corrected chi connectivity index (χ4v) is 2.77. The predicted octanol–water partition coefficient (Wildman–Crippen LogP) is -0.414. The van der Waals surface area contributed by atoms with Crippen LogP contribution in [0.4, 0.5) is 5.95 Å². The molecule has 0 amide bonds. The summed E-state index contributed by atoms with van der Waals surface area (Å²) in [5, 5.41) is 23.3. The summed E-state index contributed by atoms with van der Waals surface area (Å²) >= 11 is 0. The summed E-state index contributed by atoms with van der Waals surface area (Å²) in [6.45, 7) is -0.168. The van der Waals surface area contributed by atoms with E-state index in [2.05, 4.69) is 15.5 Å². The summed E-state index contributed by atoms with van der Waals surface area (Å²) in [5.74, 6) is 0.720. The van der Waals surface area contributed by atoms with Crippen molar-refractivity contribution in [2.75, 3.05) is 19.1 Å². The van der Waals surface area contributed by atoms with Crippen LogP contribution in [-0.4, -0.2) is 48.8 Å². The first-order valence-corrected chi connectivity index (χ1v) is 8.32. The SMILES string of the molecule is COc1ccc(O)c(/C=N\Nc2nc3c(c(=O)n(C)c(=O)n3C)n2CCO)c1. The lowest BCUT2D eigenvalue weighted by atomic mass is 10.2. The van der Waals surface area contributed by atoms with Gasteiger partial charge in [0.15, 0.2) is 11.2 Å². The van der Waals surface area contributed by atoms with E-state index in [1.54, 1.807) is 12.1 Å². The van der Waals surface area contributed by atoms with Crippen molar-refractivity contribution in [2.24, 2.45) is 19.2 Å². The Morgan fingerprint density at radius 1 is 1.29 bits per heavy atom. The number of hydrazone groups is 1. The van der Waals surface area contributed by atoms with Gasteiger partial charge >= 0.3 is 5.69 Å². The number of hydrogen-bond acceptors (Lipinski definition) is 8. The van der Waals surface area contributed by atoms with Crippen LogP contribution in [0.5, 0.6) is 11.5 Å². The van der Waals surface area contributed by atoms with Crippen molar-refractivity contribution < 1.29 is 14.9 Å². The molecule has 148 valence electrons. The van der Waals surface area contributed by atoms with Crippen molar-refractivity contribution in [3.63, 3.8) is 0 Å². The minimum absolute atomic E-state index is 0.00600. The maximum atomic E-state index is 12.5. The van der Waals surface area contributed by atoms with Crippen LogP contribution < -0.4 is 21.4 Å². The molecule has 0 fully saturated rings. The van der Waals surface area contributed by atoms with Crippen LogP contribution in [0.15, 0.2) is 32.9 Å². The van der Waals surface area contributed by atoms with Gasteiger partial charge in [0.25, 0.3) is 5.56 Å². The van der Waals surface area contributed by atoms with Crippen molar-refractivity contribution >= 4 is 23.3 Å². The van der Waals surface area contributed by atoms with Crippen LogP contribution in [0.3, 0.4) is 0 Å². The molecule has 0 spiro atoms. The lowest BCUT2D eigenvalue weighted by Crippen LogP contribution is -2.37. The summed E-state index contributed by atoms with van der Waals surface area (Å²) in [5.41, 5.74) is 2.39. The number of benzene rings is 1. The van der Waals surface area contributed by atoms with Gasteiger partial charge < -0.3 is 19.5 Å². The van der Waals surface area contributed by atoms with E-state index in [0.717, 1.165) is 4.57 Å². The molecule has 11 heteroatoms. The first kappa shape index (κ1) is 19.2. The summed E-state index contributed by atoms with van der Waals surface area (Å²) in [6, 6.07) is 4.68. The second-order valence-corrected chi connectivity index (χ2v) is 5.98. The lowest BCUT2D eigenvalue weighted by Gasteiger charge is -2.07. The van der Waals surface area contributed by atoms with Crippen LogP contribution >= 0.6 is 0 Å². The van der Waals surface area contributed by atoms with Gasteiger partial charge in [0.1, 0.15) is 11.5 Å². The summed E-state index contributed by atoms with van der Waals surface area (Å²) < 4.78 is 8.77. The smallest absolute Gasteiger partial charge is 0.332 e. The first-order valence-electron chi connectivity index (χ1n) is 8.32. The normalized spacial score (nSPS) is 11.4. The molecule has 3 N–H and O–H groups in total. The van der Waals surface area contributed by atoms with Crippen LogP contribution in [-0.2, 0) is 20.6 Å². The molecule has 0 aliphatic rings. The molecule has 3 rings (SSSR count). The Hall–Kier alpha value is -3.60. The van der Waals surface area contributed by atoms with E-state index in [9.17, 15) is 19.8 Å². The second kappa shape index (κ2) is 7.56. The topological polar surface area (TPSA) is 136 Å². The van der Waals surface area contributed by atoms with E-state index in [-0.39, 0.29) is 36.0 Å². The fourth-order valence-electron chi connectivity index (χ4n) is 2.77. The van der Waals surface area contributed by atoms with E-state index >= 15 is 0 Å². The zero-order valence-corrected chi connectivity index (χ0v) is 15.6. The number of rotatable bonds is 6. The minimum atomic E-state index is -0.526. The highest BCUT2D eigenvalue weighted by atomic mass is 16.5. The lowest BCUT2D eigenvalue weighted by molar-refractivity contribution is 0.278. The molecule has 1 aromatic carbocycles. The average molecular weight is 388 g/mol. The molecule has 0 unspecified atom stereocenters. The maximum absolute atomic E-state index is 12.5. The summed E-state index contributed by atoms with van der Waals surface area (Å²) in [7, 11) is 4.38. The molecule has 0 aliphatic heterocycles.